The molecule has 0 aromatic carbocycles. The molecule has 0 spiro atoms. The van der Waals surface area contributed by atoms with E-state index in [4.69, 9.17) is 0 Å². The van der Waals surface area contributed by atoms with Crippen molar-refractivity contribution in [2.75, 3.05) is 37.3 Å². The van der Waals surface area contributed by atoms with Crippen LogP contribution in [0.5, 0.6) is 0 Å². The van der Waals surface area contributed by atoms with Crippen molar-refractivity contribution in [3.63, 3.8) is 0 Å². The number of hydrogen-bond donors (Lipinski definition) is 2. The fourth-order valence-corrected chi connectivity index (χ4v) is 2.59. The maximum Gasteiger partial charge on any atom is 0.353 e. The third kappa shape index (κ3) is 3.78. The molecule has 21 heavy (non-hydrogen) atoms. The van der Waals surface area contributed by atoms with E-state index in [0.29, 0.717) is 19.1 Å². The second-order valence-electron chi connectivity index (χ2n) is 5.22. The predicted molar refractivity (Wildman–Crippen MR) is 81.6 cm³/mol. The lowest BCUT2D eigenvalue weighted by Gasteiger charge is -2.32. The number of nitro groups is 1. The van der Waals surface area contributed by atoms with Gasteiger partial charge in [0.15, 0.2) is 0 Å². The van der Waals surface area contributed by atoms with E-state index in [1.165, 1.54) is 19.2 Å². The first kappa shape index (κ1) is 15.4. The molecule has 1 fully saturated rings. The molecule has 0 amide bonds. The lowest BCUT2D eigenvalue weighted by Crippen LogP contribution is -2.40. The summed E-state index contributed by atoms with van der Waals surface area (Å²) < 4.78 is 0. The first-order valence-electron chi connectivity index (χ1n) is 7.30. The zero-order chi connectivity index (χ0) is 15.2. The molecule has 1 saturated heterocycles. The number of nitrogens with one attached hydrogen (secondary N) is 2. The van der Waals surface area contributed by atoms with Gasteiger partial charge in [-0.1, -0.05) is 6.42 Å². The number of hydrogen-bond acceptors (Lipinski definition) is 7. The maximum absolute atomic E-state index is 11.3. The van der Waals surface area contributed by atoms with Crippen LogP contribution in [-0.4, -0.2) is 52.5 Å². The van der Waals surface area contributed by atoms with Gasteiger partial charge in [-0.3, -0.25) is 10.1 Å². The van der Waals surface area contributed by atoms with Crippen molar-refractivity contribution in [2.24, 2.45) is 0 Å². The summed E-state index contributed by atoms with van der Waals surface area (Å²) in [5, 5.41) is 17.3. The van der Waals surface area contributed by atoms with Crippen molar-refractivity contribution < 1.29 is 4.92 Å². The Morgan fingerprint density at radius 3 is 2.71 bits per heavy atom. The highest BCUT2D eigenvalue weighted by atomic mass is 16.6. The molecule has 116 valence electrons. The van der Waals surface area contributed by atoms with Crippen molar-refractivity contribution in [1.29, 1.82) is 0 Å². The van der Waals surface area contributed by atoms with Gasteiger partial charge in [0.25, 0.3) is 0 Å². The van der Waals surface area contributed by atoms with Crippen molar-refractivity contribution in [3.05, 3.63) is 16.4 Å². The molecule has 2 heterocycles. The minimum Gasteiger partial charge on any atom is -0.364 e. The molecule has 1 aliphatic heterocycles. The predicted octanol–water partition coefficient (Wildman–Crippen LogP) is 1.71. The zero-order valence-corrected chi connectivity index (χ0v) is 12.5. The Hall–Kier alpha value is -1.96. The lowest BCUT2D eigenvalue weighted by atomic mass is 10.0. The summed E-state index contributed by atoms with van der Waals surface area (Å²) in [6.45, 7) is 4.17. The van der Waals surface area contributed by atoms with E-state index in [1.54, 1.807) is 0 Å². The maximum atomic E-state index is 11.3. The van der Waals surface area contributed by atoms with Crippen LogP contribution in [0.2, 0.25) is 0 Å². The van der Waals surface area contributed by atoms with Gasteiger partial charge in [-0.15, -0.1) is 0 Å². The van der Waals surface area contributed by atoms with Gasteiger partial charge in [-0.05, 0) is 33.4 Å². The fourth-order valence-electron chi connectivity index (χ4n) is 2.59. The van der Waals surface area contributed by atoms with Crippen molar-refractivity contribution in [2.45, 2.75) is 32.2 Å². The van der Waals surface area contributed by atoms with Crippen molar-refractivity contribution in [1.82, 2.24) is 14.9 Å². The van der Waals surface area contributed by atoms with Crippen LogP contribution in [0.25, 0.3) is 0 Å². The smallest absolute Gasteiger partial charge is 0.353 e. The topological polar surface area (TPSA) is 96.2 Å². The van der Waals surface area contributed by atoms with E-state index in [-0.39, 0.29) is 17.3 Å². The van der Waals surface area contributed by atoms with Crippen LogP contribution < -0.4 is 10.6 Å². The molecular formula is C13H22N6O2. The van der Waals surface area contributed by atoms with Crippen LogP contribution in [0.15, 0.2) is 6.33 Å². The van der Waals surface area contributed by atoms with E-state index < -0.39 is 4.92 Å². The minimum atomic E-state index is -0.440. The summed E-state index contributed by atoms with van der Waals surface area (Å²) >= 11 is 0. The van der Waals surface area contributed by atoms with Crippen molar-refractivity contribution >= 4 is 17.3 Å². The molecule has 0 aliphatic carbocycles. The summed E-state index contributed by atoms with van der Waals surface area (Å²) in [4.78, 5) is 21.1. The molecule has 0 radical (unpaired) electrons. The molecule has 1 aliphatic rings. The van der Waals surface area contributed by atoms with E-state index in [9.17, 15) is 10.1 Å². The molecule has 2 rings (SSSR count). The average Bonchev–Trinajstić information content (AvgIpc) is 2.46. The van der Waals surface area contributed by atoms with Gasteiger partial charge < -0.3 is 15.5 Å². The number of likely N-dealkylation sites (tertiary alicyclic amines) is 1. The normalized spacial score (nSPS) is 19.2. The summed E-state index contributed by atoms with van der Waals surface area (Å²) in [5.74, 6) is 0.543. The number of aromatic nitrogens is 2. The van der Waals surface area contributed by atoms with E-state index in [0.717, 1.165) is 13.0 Å². The Labute approximate surface area is 124 Å². The highest BCUT2D eigenvalue weighted by molar-refractivity contribution is 5.69. The van der Waals surface area contributed by atoms with Gasteiger partial charge in [0.1, 0.15) is 6.33 Å². The number of rotatable bonds is 6. The van der Waals surface area contributed by atoms with Gasteiger partial charge in [-0.25, -0.2) is 9.97 Å². The van der Waals surface area contributed by atoms with Gasteiger partial charge in [0.2, 0.25) is 11.6 Å². The van der Waals surface area contributed by atoms with Crippen LogP contribution in [0, 0.1) is 10.1 Å². The van der Waals surface area contributed by atoms with Crippen LogP contribution in [0.1, 0.15) is 26.2 Å². The molecule has 1 aromatic rings. The molecule has 8 heteroatoms. The second-order valence-corrected chi connectivity index (χ2v) is 5.22. The first-order chi connectivity index (χ1) is 10.1. The molecule has 0 bridgehead atoms. The van der Waals surface area contributed by atoms with Crippen LogP contribution >= 0.6 is 0 Å². The standard InChI is InChI=1S/C13H22N6O2/c1-3-14-12-11(19(20)21)13(17-9-16-12)15-8-10-6-4-5-7-18(10)2/h9-10H,3-8H2,1-2H3,(H2,14,15,16,17). The third-order valence-electron chi connectivity index (χ3n) is 3.78. The van der Waals surface area contributed by atoms with Gasteiger partial charge in [-0.2, -0.15) is 0 Å². The van der Waals surface area contributed by atoms with Crippen LogP contribution in [0.3, 0.4) is 0 Å². The third-order valence-corrected chi connectivity index (χ3v) is 3.78. The number of nitrogens with zero attached hydrogens (tertiary/aromatic N) is 4. The Kier molecular flexibility index (Phi) is 5.26. The largest absolute Gasteiger partial charge is 0.364 e. The Balaban J connectivity index is 2.11. The van der Waals surface area contributed by atoms with E-state index in [2.05, 4.69) is 32.5 Å². The monoisotopic (exact) mass is 294 g/mol. The fraction of sp³-hybridized carbons (Fsp3) is 0.692. The highest BCUT2D eigenvalue weighted by Crippen LogP contribution is 2.29. The van der Waals surface area contributed by atoms with Gasteiger partial charge in [0, 0.05) is 19.1 Å². The highest BCUT2D eigenvalue weighted by Gasteiger charge is 2.24. The summed E-state index contributed by atoms with van der Waals surface area (Å²) in [7, 11) is 2.09. The Morgan fingerprint density at radius 2 is 2.10 bits per heavy atom. The molecule has 1 atom stereocenters. The van der Waals surface area contributed by atoms with Crippen molar-refractivity contribution in [3.8, 4) is 0 Å². The summed E-state index contributed by atoms with van der Waals surface area (Å²) in [6.07, 6.45) is 4.86. The molecule has 0 saturated carbocycles. The molecule has 1 unspecified atom stereocenters. The SMILES string of the molecule is CCNc1ncnc(NCC2CCCCN2C)c1[N+](=O)[O-]. The minimum absolute atomic E-state index is 0.0854. The average molecular weight is 294 g/mol. The van der Waals surface area contributed by atoms with Crippen LogP contribution in [-0.2, 0) is 0 Å². The molecule has 2 N–H and O–H groups in total. The molecule has 1 aromatic heterocycles. The number of anilines is 2. The first-order valence-corrected chi connectivity index (χ1v) is 7.30. The lowest BCUT2D eigenvalue weighted by molar-refractivity contribution is -0.383. The number of likely N-dealkylation sites (N-methyl/N-ethyl adjacent to an activating group) is 1. The summed E-state index contributed by atoms with van der Waals surface area (Å²) in [5.41, 5.74) is -0.0854. The molecule has 8 nitrogen and oxygen atoms in total. The number of piperidine rings is 1. The van der Waals surface area contributed by atoms with E-state index in [1.807, 2.05) is 6.92 Å². The second kappa shape index (κ2) is 7.16. The van der Waals surface area contributed by atoms with Crippen LogP contribution in [0.4, 0.5) is 17.3 Å². The zero-order valence-electron chi connectivity index (χ0n) is 12.5. The quantitative estimate of drug-likeness (QED) is 0.609. The van der Waals surface area contributed by atoms with Gasteiger partial charge >= 0.3 is 5.69 Å². The van der Waals surface area contributed by atoms with E-state index >= 15 is 0 Å². The Bertz CT molecular complexity index is 496. The summed E-state index contributed by atoms with van der Waals surface area (Å²) in [6, 6.07) is 0.385. The molecular weight excluding hydrogens is 272 g/mol. The Morgan fingerprint density at radius 1 is 1.38 bits per heavy atom. The van der Waals surface area contributed by atoms with Gasteiger partial charge in [0.05, 0.1) is 4.92 Å².